The molecule has 1 aliphatic rings. The van der Waals surface area contributed by atoms with E-state index in [1.807, 2.05) is 43.3 Å². The molecule has 27 heavy (non-hydrogen) atoms. The van der Waals surface area contributed by atoms with Gasteiger partial charge in [0.2, 0.25) is 0 Å². The van der Waals surface area contributed by atoms with E-state index < -0.39 is 6.09 Å². The maximum atomic E-state index is 12.3. The van der Waals surface area contributed by atoms with Gasteiger partial charge in [0.25, 0.3) is 0 Å². The van der Waals surface area contributed by atoms with Crippen LogP contribution in [-0.4, -0.2) is 24.3 Å². The monoisotopic (exact) mass is 362 g/mol. The molecule has 4 nitrogen and oxygen atoms in total. The fraction of sp³-hybridized carbons (Fsp3) is 0.348. The summed E-state index contributed by atoms with van der Waals surface area (Å²) >= 11 is 0. The summed E-state index contributed by atoms with van der Waals surface area (Å²) in [5, 5.41) is 10.1. The number of anilines is 3. The van der Waals surface area contributed by atoms with Crippen LogP contribution in [0.5, 0.6) is 0 Å². The predicted molar refractivity (Wildman–Crippen MR) is 111 cm³/mol. The Morgan fingerprint density at radius 1 is 1.33 bits per heavy atom. The summed E-state index contributed by atoms with van der Waals surface area (Å²) in [6, 6.07) is 11.9. The van der Waals surface area contributed by atoms with E-state index in [0.29, 0.717) is 12.2 Å². The zero-order chi connectivity index (χ0) is 19.6. The fourth-order valence-corrected chi connectivity index (χ4v) is 3.84. The van der Waals surface area contributed by atoms with Crippen molar-refractivity contribution in [1.82, 2.24) is 0 Å². The molecule has 1 amide bonds. The topological polar surface area (TPSA) is 43.8 Å². The van der Waals surface area contributed by atoms with E-state index in [9.17, 15) is 9.90 Å². The van der Waals surface area contributed by atoms with Crippen LogP contribution in [0.4, 0.5) is 21.9 Å². The standard InChI is InChI=1S/C23H26N2O2/c1-5-13-24-14-7-9-18-11-12-19(15-21(18)24)25(23(26)27)22-17(4)8-6-10-20(22)16(2)3/h1,6,8,10-12,15-16H,7,9,13-14H2,2-4H3,(H,26,27). The number of aryl methyl sites for hydroxylation is 2. The summed E-state index contributed by atoms with van der Waals surface area (Å²) in [4.78, 5) is 15.8. The van der Waals surface area contributed by atoms with Crippen LogP contribution >= 0.6 is 0 Å². The Bertz CT molecular complexity index is 896. The molecule has 1 heterocycles. The third kappa shape index (κ3) is 3.64. The number of hydrogen-bond donors (Lipinski definition) is 1. The Balaban J connectivity index is 2.15. The zero-order valence-electron chi connectivity index (χ0n) is 16.2. The van der Waals surface area contributed by atoms with Crippen LogP contribution in [0.2, 0.25) is 0 Å². The van der Waals surface area contributed by atoms with Gasteiger partial charge in [-0.1, -0.05) is 44.0 Å². The molecule has 4 heteroatoms. The summed E-state index contributed by atoms with van der Waals surface area (Å²) in [7, 11) is 0. The van der Waals surface area contributed by atoms with Crippen molar-refractivity contribution in [2.75, 3.05) is 22.9 Å². The van der Waals surface area contributed by atoms with E-state index in [-0.39, 0.29) is 5.92 Å². The van der Waals surface area contributed by atoms with Gasteiger partial charge in [-0.15, -0.1) is 6.42 Å². The minimum Gasteiger partial charge on any atom is -0.464 e. The second-order valence-corrected chi connectivity index (χ2v) is 7.33. The number of para-hydroxylation sites is 1. The molecular formula is C23H26N2O2. The number of terminal acetylenes is 1. The van der Waals surface area contributed by atoms with Crippen LogP contribution in [0.25, 0.3) is 0 Å². The summed E-state index contributed by atoms with van der Waals surface area (Å²) in [5.74, 6) is 2.93. The lowest BCUT2D eigenvalue weighted by Crippen LogP contribution is -2.31. The molecule has 0 fully saturated rings. The van der Waals surface area contributed by atoms with E-state index in [2.05, 4.69) is 24.7 Å². The molecule has 0 bridgehead atoms. The first kappa shape index (κ1) is 18.8. The molecule has 0 aliphatic carbocycles. The van der Waals surface area contributed by atoms with E-state index in [0.717, 1.165) is 41.9 Å². The number of amides is 1. The van der Waals surface area contributed by atoms with Crippen LogP contribution in [0.1, 0.15) is 42.9 Å². The Morgan fingerprint density at radius 3 is 2.78 bits per heavy atom. The lowest BCUT2D eigenvalue weighted by atomic mass is 9.96. The highest BCUT2D eigenvalue weighted by atomic mass is 16.4. The molecule has 0 aromatic heterocycles. The number of rotatable bonds is 4. The van der Waals surface area contributed by atoms with E-state index in [1.54, 1.807) is 0 Å². The van der Waals surface area contributed by atoms with Gasteiger partial charge in [-0.25, -0.2) is 9.69 Å². The molecular weight excluding hydrogens is 336 g/mol. The number of hydrogen-bond acceptors (Lipinski definition) is 2. The minimum absolute atomic E-state index is 0.220. The third-order valence-electron chi connectivity index (χ3n) is 5.13. The second kappa shape index (κ2) is 7.75. The van der Waals surface area contributed by atoms with Gasteiger partial charge >= 0.3 is 6.09 Å². The first-order valence-electron chi connectivity index (χ1n) is 9.38. The van der Waals surface area contributed by atoms with Gasteiger partial charge < -0.3 is 10.0 Å². The minimum atomic E-state index is -0.981. The van der Waals surface area contributed by atoms with E-state index in [4.69, 9.17) is 6.42 Å². The quantitative estimate of drug-likeness (QED) is 0.749. The fourth-order valence-electron chi connectivity index (χ4n) is 3.84. The van der Waals surface area contributed by atoms with Crippen molar-refractivity contribution in [3.8, 4) is 12.3 Å². The number of carboxylic acid groups (broad SMARTS) is 1. The van der Waals surface area contributed by atoms with E-state index >= 15 is 0 Å². The van der Waals surface area contributed by atoms with Crippen molar-refractivity contribution in [2.45, 2.75) is 39.5 Å². The Morgan fingerprint density at radius 2 is 2.11 bits per heavy atom. The van der Waals surface area contributed by atoms with Crippen molar-refractivity contribution in [3.63, 3.8) is 0 Å². The average molecular weight is 362 g/mol. The molecule has 0 atom stereocenters. The van der Waals surface area contributed by atoms with Gasteiger partial charge in [0.1, 0.15) is 0 Å². The van der Waals surface area contributed by atoms with Gasteiger partial charge in [0.15, 0.2) is 0 Å². The Hall–Kier alpha value is -2.93. The van der Waals surface area contributed by atoms with Gasteiger partial charge in [-0.05, 0) is 54.5 Å². The number of benzene rings is 2. The summed E-state index contributed by atoms with van der Waals surface area (Å²) in [6.45, 7) is 7.56. The van der Waals surface area contributed by atoms with Crippen molar-refractivity contribution in [2.24, 2.45) is 0 Å². The van der Waals surface area contributed by atoms with Gasteiger partial charge in [0.05, 0.1) is 17.9 Å². The van der Waals surface area contributed by atoms with Crippen molar-refractivity contribution in [3.05, 3.63) is 53.1 Å². The maximum Gasteiger partial charge on any atom is 0.416 e. The van der Waals surface area contributed by atoms with Crippen molar-refractivity contribution >= 4 is 23.2 Å². The molecule has 2 aromatic rings. The molecule has 140 valence electrons. The van der Waals surface area contributed by atoms with Gasteiger partial charge in [-0.2, -0.15) is 0 Å². The second-order valence-electron chi connectivity index (χ2n) is 7.33. The highest BCUT2D eigenvalue weighted by molar-refractivity contribution is 5.97. The van der Waals surface area contributed by atoms with Crippen molar-refractivity contribution < 1.29 is 9.90 Å². The van der Waals surface area contributed by atoms with Crippen LogP contribution < -0.4 is 9.80 Å². The first-order valence-corrected chi connectivity index (χ1v) is 9.38. The first-order chi connectivity index (χ1) is 12.9. The normalized spacial score (nSPS) is 13.2. The number of carbonyl (C=O) groups is 1. The van der Waals surface area contributed by atoms with Gasteiger partial charge in [-0.3, -0.25) is 0 Å². The Kier molecular flexibility index (Phi) is 5.41. The maximum absolute atomic E-state index is 12.3. The lowest BCUT2D eigenvalue weighted by Gasteiger charge is -2.32. The molecule has 2 aromatic carbocycles. The average Bonchev–Trinajstić information content (AvgIpc) is 2.63. The Labute approximate surface area is 161 Å². The molecule has 1 aliphatic heterocycles. The zero-order valence-corrected chi connectivity index (χ0v) is 16.2. The molecule has 0 saturated heterocycles. The molecule has 0 spiro atoms. The lowest BCUT2D eigenvalue weighted by molar-refractivity contribution is 0.204. The van der Waals surface area contributed by atoms with Crippen LogP contribution in [0, 0.1) is 19.3 Å². The third-order valence-corrected chi connectivity index (χ3v) is 5.13. The van der Waals surface area contributed by atoms with E-state index in [1.165, 1.54) is 10.5 Å². The van der Waals surface area contributed by atoms with Crippen LogP contribution in [0.15, 0.2) is 36.4 Å². The molecule has 0 unspecified atom stereocenters. The molecule has 0 radical (unpaired) electrons. The molecule has 3 rings (SSSR count). The molecule has 1 N–H and O–H groups in total. The summed E-state index contributed by atoms with van der Waals surface area (Å²) < 4.78 is 0. The number of fused-ring (bicyclic) bond motifs is 1. The van der Waals surface area contributed by atoms with Crippen LogP contribution in [0.3, 0.4) is 0 Å². The highest BCUT2D eigenvalue weighted by Gasteiger charge is 2.25. The smallest absolute Gasteiger partial charge is 0.416 e. The summed E-state index contributed by atoms with van der Waals surface area (Å²) in [5.41, 5.74) is 5.64. The van der Waals surface area contributed by atoms with Crippen molar-refractivity contribution in [1.29, 1.82) is 0 Å². The highest BCUT2D eigenvalue weighted by Crippen LogP contribution is 2.38. The van der Waals surface area contributed by atoms with Crippen LogP contribution in [-0.2, 0) is 6.42 Å². The summed E-state index contributed by atoms with van der Waals surface area (Å²) in [6.07, 6.45) is 6.60. The predicted octanol–water partition coefficient (Wildman–Crippen LogP) is 5.32. The largest absolute Gasteiger partial charge is 0.464 e. The number of nitrogens with zero attached hydrogens (tertiary/aromatic N) is 2. The SMILES string of the molecule is C#CCN1CCCc2ccc(N(C(=O)O)c3c(C)cccc3C(C)C)cc21. The van der Waals surface area contributed by atoms with Gasteiger partial charge in [0, 0.05) is 12.2 Å². The molecule has 0 saturated carbocycles.